The molecule has 1 N–H and O–H groups in total. The van der Waals surface area contributed by atoms with E-state index in [1.54, 1.807) is 18.2 Å². The monoisotopic (exact) mass is 376 g/mol. The first-order chi connectivity index (χ1) is 13.3. The maximum absolute atomic E-state index is 12.5. The third-order valence-electron chi connectivity index (χ3n) is 4.89. The Morgan fingerprint density at radius 2 is 1.81 bits per heavy atom. The van der Waals surface area contributed by atoms with Gasteiger partial charge in [-0.3, -0.25) is 4.79 Å². The molecule has 0 saturated carbocycles. The number of carbonyl (C=O) groups is 1. The predicted octanol–water partition coefficient (Wildman–Crippen LogP) is 4.48. The van der Waals surface area contributed by atoms with E-state index in [0.717, 1.165) is 41.2 Å². The highest BCUT2D eigenvalue weighted by Gasteiger charge is 2.16. The summed E-state index contributed by atoms with van der Waals surface area (Å²) in [5, 5.41) is 6.77. The second-order valence-corrected chi connectivity index (χ2v) is 7.22. The topological polar surface area (TPSA) is 80.9 Å². The summed E-state index contributed by atoms with van der Waals surface area (Å²) in [5.41, 5.74) is 6.21. The quantitative estimate of drug-likeness (QED) is 0.570. The molecular formula is C20H16N4O2S. The molecule has 2 aromatic carbocycles. The summed E-state index contributed by atoms with van der Waals surface area (Å²) in [6.07, 6.45) is 4.71. The van der Waals surface area contributed by atoms with E-state index >= 15 is 0 Å². The molecule has 0 aliphatic heterocycles. The van der Waals surface area contributed by atoms with Crippen molar-refractivity contribution >= 4 is 34.4 Å². The molecule has 4 aromatic rings. The van der Waals surface area contributed by atoms with E-state index in [9.17, 15) is 4.79 Å². The molecule has 0 atom stereocenters. The maximum Gasteiger partial charge on any atom is 0.277 e. The number of amides is 1. The number of fused-ring (bicyclic) bond motifs is 2. The highest BCUT2D eigenvalue weighted by molar-refractivity contribution is 7.00. The van der Waals surface area contributed by atoms with E-state index in [1.165, 1.54) is 24.0 Å². The zero-order valence-corrected chi connectivity index (χ0v) is 15.3. The van der Waals surface area contributed by atoms with Crippen LogP contribution in [0.4, 0.5) is 5.69 Å². The minimum Gasteiger partial charge on any atom is -0.355 e. The van der Waals surface area contributed by atoms with Crippen LogP contribution in [0.15, 0.2) is 47.0 Å². The number of nitrogens with zero attached hydrogens (tertiary/aromatic N) is 3. The van der Waals surface area contributed by atoms with Gasteiger partial charge in [-0.2, -0.15) is 8.75 Å². The summed E-state index contributed by atoms with van der Waals surface area (Å²) in [4.78, 5) is 12.5. The van der Waals surface area contributed by atoms with Crippen LogP contribution in [-0.2, 0) is 12.8 Å². The van der Waals surface area contributed by atoms with Crippen LogP contribution in [0.1, 0.15) is 34.5 Å². The van der Waals surface area contributed by atoms with E-state index in [4.69, 9.17) is 4.52 Å². The van der Waals surface area contributed by atoms with Crippen molar-refractivity contribution in [1.29, 1.82) is 0 Å². The van der Waals surface area contributed by atoms with Crippen molar-refractivity contribution in [3.63, 3.8) is 0 Å². The van der Waals surface area contributed by atoms with Gasteiger partial charge in [0, 0.05) is 17.3 Å². The molecule has 1 aliphatic rings. The fourth-order valence-electron chi connectivity index (χ4n) is 3.46. The average molecular weight is 376 g/mol. The summed E-state index contributed by atoms with van der Waals surface area (Å²) >= 11 is 1.15. The van der Waals surface area contributed by atoms with Crippen molar-refractivity contribution in [1.82, 2.24) is 13.9 Å². The Kier molecular flexibility index (Phi) is 3.94. The average Bonchev–Trinajstić information content (AvgIpc) is 3.37. The van der Waals surface area contributed by atoms with Crippen molar-refractivity contribution in [3.8, 4) is 11.3 Å². The maximum atomic E-state index is 12.5. The van der Waals surface area contributed by atoms with Gasteiger partial charge in [0.15, 0.2) is 11.5 Å². The van der Waals surface area contributed by atoms with E-state index in [0.29, 0.717) is 11.4 Å². The fourth-order valence-corrected chi connectivity index (χ4v) is 3.98. The Bertz CT molecular complexity index is 1150. The number of nitrogens with one attached hydrogen (secondary N) is 1. The van der Waals surface area contributed by atoms with Crippen molar-refractivity contribution < 1.29 is 9.32 Å². The summed E-state index contributed by atoms with van der Waals surface area (Å²) in [5.74, 6) is 0.290. The lowest BCUT2D eigenvalue weighted by molar-refractivity contribution is 0.101. The zero-order chi connectivity index (χ0) is 18.2. The smallest absolute Gasteiger partial charge is 0.277 e. The number of benzene rings is 2. The Hall–Kier alpha value is -3.06. The Balaban J connectivity index is 1.37. The third kappa shape index (κ3) is 3.10. The number of anilines is 1. The molecule has 7 heteroatoms. The van der Waals surface area contributed by atoms with Gasteiger partial charge in [0.2, 0.25) is 0 Å². The van der Waals surface area contributed by atoms with Crippen LogP contribution < -0.4 is 5.32 Å². The van der Waals surface area contributed by atoms with Crippen LogP contribution in [-0.4, -0.2) is 19.8 Å². The van der Waals surface area contributed by atoms with Gasteiger partial charge in [-0.1, -0.05) is 17.3 Å². The first-order valence-electron chi connectivity index (χ1n) is 8.89. The minimum absolute atomic E-state index is 0.249. The van der Waals surface area contributed by atoms with E-state index in [-0.39, 0.29) is 11.6 Å². The van der Waals surface area contributed by atoms with Gasteiger partial charge in [0.25, 0.3) is 5.91 Å². The molecule has 1 amide bonds. The van der Waals surface area contributed by atoms with Crippen LogP contribution in [0.5, 0.6) is 0 Å². The van der Waals surface area contributed by atoms with Crippen molar-refractivity contribution in [2.75, 3.05) is 5.32 Å². The van der Waals surface area contributed by atoms with Gasteiger partial charge in [0.1, 0.15) is 11.0 Å². The van der Waals surface area contributed by atoms with Gasteiger partial charge >= 0.3 is 0 Å². The summed E-state index contributed by atoms with van der Waals surface area (Å²) < 4.78 is 13.8. The molecule has 27 heavy (non-hydrogen) atoms. The van der Waals surface area contributed by atoms with Gasteiger partial charge < -0.3 is 9.84 Å². The molecule has 0 saturated heterocycles. The molecule has 6 nitrogen and oxygen atoms in total. The summed E-state index contributed by atoms with van der Waals surface area (Å²) in [6, 6.07) is 13.4. The van der Waals surface area contributed by atoms with Gasteiger partial charge in [-0.15, -0.1) is 0 Å². The lowest BCUT2D eigenvalue weighted by Crippen LogP contribution is -2.12. The second-order valence-electron chi connectivity index (χ2n) is 6.69. The minimum atomic E-state index is -0.314. The van der Waals surface area contributed by atoms with Crippen LogP contribution in [0, 0.1) is 0 Å². The fraction of sp³-hybridized carbons (Fsp3) is 0.200. The molecule has 0 unspecified atom stereocenters. The Labute approximate surface area is 159 Å². The molecule has 2 heterocycles. The first-order valence-corrected chi connectivity index (χ1v) is 9.62. The molecule has 0 fully saturated rings. The van der Waals surface area contributed by atoms with Gasteiger partial charge in [0.05, 0.1) is 11.7 Å². The van der Waals surface area contributed by atoms with Gasteiger partial charge in [-0.05, 0) is 61.1 Å². The second kappa shape index (κ2) is 6.59. The normalized spacial score (nSPS) is 13.5. The lowest BCUT2D eigenvalue weighted by Gasteiger charge is -2.15. The highest BCUT2D eigenvalue weighted by atomic mass is 32.1. The number of hydrogen-bond donors (Lipinski definition) is 1. The lowest BCUT2D eigenvalue weighted by atomic mass is 9.90. The number of aryl methyl sites for hydroxylation is 2. The first kappa shape index (κ1) is 16.1. The zero-order valence-electron chi connectivity index (χ0n) is 14.4. The molecule has 0 radical (unpaired) electrons. The summed E-state index contributed by atoms with van der Waals surface area (Å²) in [7, 11) is 0. The largest absolute Gasteiger partial charge is 0.355 e. The van der Waals surface area contributed by atoms with Crippen molar-refractivity contribution in [2.24, 2.45) is 0 Å². The third-order valence-corrected chi connectivity index (χ3v) is 5.44. The van der Waals surface area contributed by atoms with Crippen LogP contribution in [0.25, 0.3) is 22.4 Å². The molecule has 5 rings (SSSR count). The number of aromatic nitrogens is 3. The van der Waals surface area contributed by atoms with Crippen LogP contribution in [0.3, 0.4) is 0 Å². The van der Waals surface area contributed by atoms with Crippen molar-refractivity contribution in [3.05, 3.63) is 59.3 Å². The molecule has 134 valence electrons. The van der Waals surface area contributed by atoms with Crippen LogP contribution in [0.2, 0.25) is 0 Å². The van der Waals surface area contributed by atoms with Gasteiger partial charge in [-0.25, -0.2) is 0 Å². The number of rotatable bonds is 3. The predicted molar refractivity (Wildman–Crippen MR) is 104 cm³/mol. The number of carbonyl (C=O) groups excluding carboxylic acids is 1. The molecule has 2 aromatic heterocycles. The van der Waals surface area contributed by atoms with Crippen LogP contribution >= 0.6 is 11.7 Å². The molecule has 0 bridgehead atoms. The number of hydrogen-bond acceptors (Lipinski definition) is 6. The van der Waals surface area contributed by atoms with E-state index in [2.05, 4.69) is 31.4 Å². The van der Waals surface area contributed by atoms with Crippen molar-refractivity contribution in [2.45, 2.75) is 25.7 Å². The Morgan fingerprint density at radius 1 is 0.963 bits per heavy atom. The molecule has 1 aliphatic carbocycles. The van der Waals surface area contributed by atoms with E-state index < -0.39 is 0 Å². The molecule has 0 spiro atoms. The highest BCUT2D eigenvalue weighted by Crippen LogP contribution is 2.28. The van der Waals surface area contributed by atoms with E-state index in [1.807, 2.05) is 12.1 Å². The Morgan fingerprint density at radius 3 is 2.74 bits per heavy atom. The summed E-state index contributed by atoms with van der Waals surface area (Å²) in [6.45, 7) is 0. The molecular weight excluding hydrogens is 360 g/mol. The standard InChI is InChI=1S/C20H16N4O2S/c25-20(21-15-7-8-16-17(10-15)24-27-23-16)18-11-19(26-22-18)14-6-5-12-3-1-2-4-13(12)9-14/h5-11H,1-4H2,(H,21,25). The SMILES string of the molecule is O=C(Nc1ccc2nsnc2c1)c1cc(-c2ccc3c(c2)CCCC3)on1.